The van der Waals surface area contributed by atoms with Gasteiger partial charge in [-0.1, -0.05) is 124 Å². The summed E-state index contributed by atoms with van der Waals surface area (Å²) >= 11 is 0. The number of rotatable bonds is 6. The number of aromatic nitrogens is 4. The third kappa shape index (κ3) is 6.08. The first-order chi connectivity index (χ1) is 24.7. The van der Waals surface area contributed by atoms with Crippen LogP contribution in [0.25, 0.3) is 72.7 Å². The largest absolute Gasteiger partial charge is 0.493 e. The molecule has 0 aliphatic carbocycles. The van der Waals surface area contributed by atoms with Crippen molar-refractivity contribution in [3.63, 3.8) is 0 Å². The number of benzene rings is 5. The fraction of sp³-hybridized carbons (Fsp3) is 0.109. The lowest BCUT2D eigenvalue weighted by atomic mass is 9.87. The molecule has 8 rings (SSSR count). The van der Waals surface area contributed by atoms with E-state index in [1.54, 1.807) is 6.20 Å². The van der Waals surface area contributed by atoms with Gasteiger partial charge < -0.3 is 5.11 Å². The highest BCUT2D eigenvalue weighted by molar-refractivity contribution is 5.96. The molecular weight excluding hydrogens is 625 g/mol. The lowest BCUT2D eigenvalue weighted by Crippen LogP contribution is -2.12. The van der Waals surface area contributed by atoms with E-state index >= 15 is 0 Å². The Kier molecular flexibility index (Phi) is 8.04. The molecule has 0 atom stereocenters. The number of nitrogens with zero attached hydrogens (tertiary/aromatic N) is 4. The average Bonchev–Trinajstić information content (AvgIpc) is 3.55. The van der Waals surface area contributed by atoms with Crippen LogP contribution in [0.4, 0.5) is 0 Å². The third-order valence-corrected chi connectivity index (χ3v) is 9.55. The SMILES string of the molecule is Cc1cnc(-c2cccc(-c3cccc4c3nc(-c3cc(C(C)(C)C)cnc3O)n4-c3ccccc3)c2)cc1-c1ccc(-c2ccccc2)cc1. The summed E-state index contributed by atoms with van der Waals surface area (Å²) < 4.78 is 2.11. The standard InChI is InChI=1S/C46H38N4O/c1-30-28-47-41(27-39(30)33-23-21-32(22-24-33)31-13-7-5-8-14-31)35-16-11-15-34(25-35)38-19-12-20-42-43(38)49-44(50(42)37-17-9-6-10-18-37)40-26-36(46(2,3)4)29-48-45(40)51/h5-29H,1-4H3,(H,48,51). The summed E-state index contributed by atoms with van der Waals surface area (Å²) in [7, 11) is 0. The van der Waals surface area contributed by atoms with E-state index in [1.165, 1.54) is 11.1 Å². The van der Waals surface area contributed by atoms with Gasteiger partial charge >= 0.3 is 0 Å². The van der Waals surface area contributed by atoms with Gasteiger partial charge in [-0.15, -0.1) is 0 Å². The quantitative estimate of drug-likeness (QED) is 0.192. The van der Waals surface area contributed by atoms with Crippen LogP contribution in [0.15, 0.2) is 152 Å². The zero-order valence-corrected chi connectivity index (χ0v) is 29.2. The fourth-order valence-corrected chi connectivity index (χ4v) is 6.70. The molecule has 51 heavy (non-hydrogen) atoms. The number of aromatic hydroxyl groups is 1. The Morgan fingerprint density at radius 1 is 0.549 bits per heavy atom. The molecule has 5 heteroatoms. The lowest BCUT2D eigenvalue weighted by molar-refractivity contribution is 0.453. The van der Waals surface area contributed by atoms with Crippen LogP contribution in [0, 0.1) is 6.92 Å². The van der Waals surface area contributed by atoms with Gasteiger partial charge in [0.25, 0.3) is 0 Å². The van der Waals surface area contributed by atoms with Gasteiger partial charge in [-0.2, -0.15) is 0 Å². The van der Waals surface area contributed by atoms with Crippen molar-refractivity contribution in [3.8, 4) is 67.6 Å². The van der Waals surface area contributed by atoms with Gasteiger partial charge in [-0.25, -0.2) is 9.97 Å². The number of aryl methyl sites for hydroxylation is 1. The van der Waals surface area contributed by atoms with Gasteiger partial charge in [0.15, 0.2) is 5.82 Å². The topological polar surface area (TPSA) is 63.8 Å². The molecule has 0 spiro atoms. The van der Waals surface area contributed by atoms with E-state index in [0.29, 0.717) is 11.4 Å². The number of hydrogen-bond acceptors (Lipinski definition) is 4. The van der Waals surface area contributed by atoms with Gasteiger partial charge in [-0.05, 0) is 87.7 Å². The van der Waals surface area contributed by atoms with E-state index in [0.717, 1.165) is 61.4 Å². The summed E-state index contributed by atoms with van der Waals surface area (Å²) in [6, 6.07) is 48.3. The molecule has 3 heterocycles. The van der Waals surface area contributed by atoms with Crippen molar-refractivity contribution in [1.82, 2.24) is 19.5 Å². The fourth-order valence-electron chi connectivity index (χ4n) is 6.70. The molecule has 0 saturated heterocycles. The predicted octanol–water partition coefficient (Wildman–Crippen LogP) is 11.5. The first-order valence-electron chi connectivity index (χ1n) is 17.2. The lowest BCUT2D eigenvalue weighted by Gasteiger charge is -2.19. The number of para-hydroxylation sites is 2. The second-order valence-corrected chi connectivity index (χ2v) is 14.0. The van der Waals surface area contributed by atoms with Crippen molar-refractivity contribution in [2.24, 2.45) is 0 Å². The molecule has 5 aromatic carbocycles. The van der Waals surface area contributed by atoms with Crippen LogP contribution in [-0.4, -0.2) is 24.6 Å². The monoisotopic (exact) mass is 662 g/mol. The van der Waals surface area contributed by atoms with Crippen LogP contribution in [-0.2, 0) is 5.41 Å². The predicted molar refractivity (Wildman–Crippen MR) is 209 cm³/mol. The number of pyridine rings is 2. The molecule has 3 aromatic heterocycles. The Balaban J connectivity index is 1.23. The van der Waals surface area contributed by atoms with Gasteiger partial charge in [-0.3, -0.25) is 9.55 Å². The molecule has 0 amide bonds. The van der Waals surface area contributed by atoms with Crippen LogP contribution < -0.4 is 0 Å². The maximum absolute atomic E-state index is 11.1. The Morgan fingerprint density at radius 3 is 1.94 bits per heavy atom. The first-order valence-corrected chi connectivity index (χ1v) is 17.2. The highest BCUT2D eigenvalue weighted by Gasteiger charge is 2.23. The number of imidazole rings is 1. The molecule has 0 aliphatic heterocycles. The molecule has 0 fully saturated rings. The highest BCUT2D eigenvalue weighted by Crippen LogP contribution is 2.39. The van der Waals surface area contributed by atoms with E-state index in [9.17, 15) is 5.11 Å². The minimum atomic E-state index is -0.153. The van der Waals surface area contributed by atoms with Crippen LogP contribution >= 0.6 is 0 Å². The zero-order valence-electron chi connectivity index (χ0n) is 29.2. The molecule has 0 radical (unpaired) electrons. The molecule has 248 valence electrons. The van der Waals surface area contributed by atoms with E-state index < -0.39 is 0 Å². The Morgan fingerprint density at radius 2 is 1.20 bits per heavy atom. The Labute approximate surface area is 298 Å². The summed E-state index contributed by atoms with van der Waals surface area (Å²) in [4.78, 5) is 14.5. The van der Waals surface area contributed by atoms with Crippen molar-refractivity contribution in [2.45, 2.75) is 33.1 Å². The number of fused-ring (bicyclic) bond motifs is 1. The normalized spacial score (nSPS) is 11.6. The molecule has 0 unspecified atom stereocenters. The van der Waals surface area contributed by atoms with Crippen LogP contribution in [0.1, 0.15) is 31.9 Å². The molecule has 5 nitrogen and oxygen atoms in total. The summed E-state index contributed by atoms with van der Waals surface area (Å²) in [5.74, 6) is 0.592. The average molecular weight is 663 g/mol. The van der Waals surface area contributed by atoms with Crippen molar-refractivity contribution in [2.75, 3.05) is 0 Å². The summed E-state index contributed by atoms with van der Waals surface area (Å²) in [5, 5.41) is 11.1. The first kappa shape index (κ1) is 31.9. The second-order valence-electron chi connectivity index (χ2n) is 14.0. The summed E-state index contributed by atoms with van der Waals surface area (Å²) in [6.07, 6.45) is 3.71. The van der Waals surface area contributed by atoms with Crippen LogP contribution in [0.5, 0.6) is 5.88 Å². The molecule has 1 N–H and O–H groups in total. The maximum Gasteiger partial charge on any atom is 0.222 e. The second kappa shape index (κ2) is 12.8. The zero-order chi connectivity index (χ0) is 35.1. The van der Waals surface area contributed by atoms with Crippen LogP contribution in [0.3, 0.4) is 0 Å². The minimum Gasteiger partial charge on any atom is -0.493 e. The molecule has 0 saturated carbocycles. The summed E-state index contributed by atoms with van der Waals surface area (Å²) in [5.41, 5.74) is 14.0. The minimum absolute atomic E-state index is 0.0463. The Bertz CT molecular complexity index is 2510. The van der Waals surface area contributed by atoms with E-state index in [2.05, 4.69) is 146 Å². The van der Waals surface area contributed by atoms with E-state index in [1.807, 2.05) is 36.5 Å². The molecular formula is C46H38N4O. The van der Waals surface area contributed by atoms with E-state index in [-0.39, 0.29) is 11.3 Å². The molecule has 0 bridgehead atoms. The van der Waals surface area contributed by atoms with Gasteiger partial charge in [0.2, 0.25) is 5.88 Å². The van der Waals surface area contributed by atoms with Crippen LogP contribution in [0.2, 0.25) is 0 Å². The molecule has 8 aromatic rings. The van der Waals surface area contributed by atoms with Gasteiger partial charge in [0, 0.05) is 29.2 Å². The van der Waals surface area contributed by atoms with Gasteiger partial charge in [0.05, 0.1) is 22.3 Å². The Hall–Kier alpha value is -6.33. The van der Waals surface area contributed by atoms with Crippen molar-refractivity contribution < 1.29 is 5.11 Å². The van der Waals surface area contributed by atoms with Crippen molar-refractivity contribution in [1.29, 1.82) is 0 Å². The van der Waals surface area contributed by atoms with E-state index in [4.69, 9.17) is 9.97 Å². The maximum atomic E-state index is 11.1. The van der Waals surface area contributed by atoms with Crippen molar-refractivity contribution >= 4 is 11.0 Å². The highest BCUT2D eigenvalue weighted by atomic mass is 16.3. The third-order valence-electron chi connectivity index (χ3n) is 9.55. The summed E-state index contributed by atoms with van der Waals surface area (Å²) in [6.45, 7) is 8.54. The molecule has 0 aliphatic rings. The van der Waals surface area contributed by atoms with Crippen molar-refractivity contribution in [3.05, 3.63) is 163 Å². The number of hydrogen-bond donors (Lipinski definition) is 1. The van der Waals surface area contributed by atoms with Gasteiger partial charge in [0.1, 0.15) is 0 Å². The smallest absolute Gasteiger partial charge is 0.222 e.